The molecule has 2 aliphatic rings. The summed E-state index contributed by atoms with van der Waals surface area (Å²) in [5.74, 6) is -0.125. The molecule has 2 aromatic carbocycles. The fourth-order valence-corrected chi connectivity index (χ4v) is 4.27. The summed E-state index contributed by atoms with van der Waals surface area (Å²) in [6, 6.07) is 11.4. The van der Waals surface area contributed by atoms with Gasteiger partial charge in [-0.1, -0.05) is 30.3 Å². The summed E-state index contributed by atoms with van der Waals surface area (Å²) in [6.45, 7) is 1.58. The molecule has 0 amide bonds. The topological polar surface area (TPSA) is 49.8 Å². The van der Waals surface area contributed by atoms with Crippen molar-refractivity contribution in [3.8, 4) is 5.75 Å². The van der Waals surface area contributed by atoms with Gasteiger partial charge in [0.05, 0.1) is 11.5 Å². The standard InChI is InChI=1S/C24H24F3NO3/c25-24(26,27)19-8-6-16(7-9-19)3-2-12-31-22-5-1-4-17-13-20(10-11-21(17)22)28-14-18(15-28)23(29)30/h1-9,18,20H,10-15H2,(H,29,30)/b3-2+. The second-order valence-electron chi connectivity index (χ2n) is 8.11. The zero-order valence-electron chi connectivity index (χ0n) is 16.9. The Labute approximate surface area is 178 Å². The lowest BCUT2D eigenvalue weighted by molar-refractivity contribution is -0.148. The predicted molar refractivity (Wildman–Crippen MR) is 111 cm³/mol. The molecule has 0 radical (unpaired) electrons. The summed E-state index contributed by atoms with van der Waals surface area (Å²) in [5, 5.41) is 9.07. The number of rotatable bonds is 6. The van der Waals surface area contributed by atoms with E-state index in [1.54, 1.807) is 12.2 Å². The molecule has 1 heterocycles. The van der Waals surface area contributed by atoms with E-state index in [-0.39, 0.29) is 5.92 Å². The Kier molecular flexibility index (Phi) is 6.05. The fourth-order valence-electron chi connectivity index (χ4n) is 4.27. The molecule has 4 nitrogen and oxygen atoms in total. The van der Waals surface area contributed by atoms with E-state index in [4.69, 9.17) is 9.84 Å². The lowest BCUT2D eigenvalue weighted by Gasteiger charge is -2.44. The van der Waals surface area contributed by atoms with Gasteiger partial charge in [0.1, 0.15) is 12.4 Å². The molecule has 2 aromatic rings. The molecular weight excluding hydrogens is 407 g/mol. The van der Waals surface area contributed by atoms with Crippen LogP contribution in [0.4, 0.5) is 13.2 Å². The number of ether oxygens (including phenoxy) is 1. The Morgan fingerprint density at radius 3 is 2.58 bits per heavy atom. The number of carboxylic acid groups (broad SMARTS) is 1. The van der Waals surface area contributed by atoms with Crippen LogP contribution in [0.1, 0.15) is 28.7 Å². The maximum absolute atomic E-state index is 12.6. The maximum atomic E-state index is 12.6. The van der Waals surface area contributed by atoms with Crippen LogP contribution in [0.3, 0.4) is 0 Å². The van der Waals surface area contributed by atoms with Gasteiger partial charge in [-0.25, -0.2) is 0 Å². The minimum Gasteiger partial charge on any atom is -0.489 e. The number of likely N-dealkylation sites (tertiary alicyclic amines) is 1. The molecule has 1 unspecified atom stereocenters. The van der Waals surface area contributed by atoms with Gasteiger partial charge >= 0.3 is 12.1 Å². The van der Waals surface area contributed by atoms with Crippen molar-refractivity contribution in [1.29, 1.82) is 0 Å². The van der Waals surface area contributed by atoms with Gasteiger partial charge in [-0.3, -0.25) is 9.69 Å². The minimum absolute atomic E-state index is 0.243. The Bertz CT molecular complexity index is 963. The molecule has 164 valence electrons. The van der Waals surface area contributed by atoms with Crippen molar-refractivity contribution < 1.29 is 27.8 Å². The van der Waals surface area contributed by atoms with Crippen LogP contribution in [0, 0.1) is 5.92 Å². The van der Waals surface area contributed by atoms with E-state index >= 15 is 0 Å². The van der Waals surface area contributed by atoms with Crippen molar-refractivity contribution in [2.75, 3.05) is 19.7 Å². The van der Waals surface area contributed by atoms with Crippen LogP contribution < -0.4 is 4.74 Å². The molecule has 1 saturated heterocycles. The second kappa shape index (κ2) is 8.75. The lowest BCUT2D eigenvalue weighted by atomic mass is 9.84. The second-order valence-corrected chi connectivity index (χ2v) is 8.11. The van der Waals surface area contributed by atoms with Gasteiger partial charge < -0.3 is 9.84 Å². The van der Waals surface area contributed by atoms with E-state index in [9.17, 15) is 18.0 Å². The number of fused-ring (bicyclic) bond motifs is 1. The molecule has 1 atom stereocenters. The summed E-state index contributed by atoms with van der Waals surface area (Å²) < 4.78 is 43.8. The van der Waals surface area contributed by atoms with Crippen molar-refractivity contribution >= 4 is 12.0 Å². The molecule has 0 aromatic heterocycles. The van der Waals surface area contributed by atoms with Gasteiger partial charge in [0.25, 0.3) is 0 Å². The van der Waals surface area contributed by atoms with Crippen molar-refractivity contribution in [3.63, 3.8) is 0 Å². The number of halogens is 3. The molecule has 0 bridgehead atoms. The van der Waals surface area contributed by atoms with E-state index in [1.807, 2.05) is 12.1 Å². The Balaban J connectivity index is 1.32. The summed E-state index contributed by atoms with van der Waals surface area (Å²) in [4.78, 5) is 13.3. The number of carbonyl (C=O) groups is 1. The SMILES string of the molecule is O=C(O)C1CN(C2CCc3c(cccc3OC/C=C/c3ccc(C(F)(F)F)cc3)C2)C1. The Hall–Kier alpha value is -2.80. The predicted octanol–water partition coefficient (Wildman–Crippen LogP) is 4.67. The van der Waals surface area contributed by atoms with Crippen LogP contribution in [0.2, 0.25) is 0 Å². The molecule has 7 heteroatoms. The van der Waals surface area contributed by atoms with E-state index in [1.165, 1.54) is 23.3 Å². The largest absolute Gasteiger partial charge is 0.489 e. The Morgan fingerprint density at radius 1 is 1.16 bits per heavy atom. The minimum atomic E-state index is -4.33. The highest BCUT2D eigenvalue weighted by atomic mass is 19.4. The molecule has 0 saturated carbocycles. The normalized spacial score (nSPS) is 19.8. The summed E-state index contributed by atoms with van der Waals surface area (Å²) >= 11 is 0. The molecule has 1 fully saturated rings. The smallest absolute Gasteiger partial charge is 0.416 e. The van der Waals surface area contributed by atoms with Crippen LogP contribution in [0.25, 0.3) is 6.08 Å². The average molecular weight is 431 g/mol. The monoisotopic (exact) mass is 431 g/mol. The van der Waals surface area contributed by atoms with Gasteiger partial charge in [-0.2, -0.15) is 13.2 Å². The third-order valence-electron chi connectivity index (χ3n) is 6.07. The molecule has 31 heavy (non-hydrogen) atoms. The van der Waals surface area contributed by atoms with Gasteiger partial charge in [0, 0.05) is 19.1 Å². The first-order valence-electron chi connectivity index (χ1n) is 10.4. The molecule has 1 N–H and O–H groups in total. The van der Waals surface area contributed by atoms with Crippen LogP contribution in [0.5, 0.6) is 5.75 Å². The van der Waals surface area contributed by atoms with Crippen LogP contribution in [0.15, 0.2) is 48.5 Å². The highest BCUT2D eigenvalue weighted by molar-refractivity contribution is 5.71. The molecular formula is C24H24F3NO3. The maximum Gasteiger partial charge on any atom is 0.416 e. The highest BCUT2D eigenvalue weighted by Gasteiger charge is 2.38. The highest BCUT2D eigenvalue weighted by Crippen LogP contribution is 2.34. The number of aliphatic carboxylic acids is 1. The molecule has 0 spiro atoms. The van der Waals surface area contributed by atoms with Crippen molar-refractivity contribution in [1.82, 2.24) is 4.90 Å². The van der Waals surface area contributed by atoms with Crippen molar-refractivity contribution in [2.45, 2.75) is 31.5 Å². The third-order valence-corrected chi connectivity index (χ3v) is 6.07. The number of nitrogens with zero attached hydrogens (tertiary/aromatic N) is 1. The lowest BCUT2D eigenvalue weighted by Crippen LogP contribution is -2.56. The number of hydrogen-bond acceptors (Lipinski definition) is 3. The quantitative estimate of drug-likeness (QED) is 0.722. The van der Waals surface area contributed by atoms with Gasteiger partial charge in [0.15, 0.2) is 0 Å². The number of carboxylic acids is 1. The van der Waals surface area contributed by atoms with E-state index < -0.39 is 17.7 Å². The third kappa shape index (κ3) is 4.93. The van der Waals surface area contributed by atoms with E-state index in [0.29, 0.717) is 31.3 Å². The van der Waals surface area contributed by atoms with Crippen molar-refractivity contribution in [3.05, 3.63) is 70.8 Å². The van der Waals surface area contributed by atoms with Gasteiger partial charge in [0.2, 0.25) is 0 Å². The first-order chi connectivity index (χ1) is 14.8. The molecule has 1 aliphatic heterocycles. The van der Waals surface area contributed by atoms with Crippen molar-refractivity contribution in [2.24, 2.45) is 5.92 Å². The first kappa shape index (κ1) is 21.4. The summed E-state index contributed by atoms with van der Waals surface area (Å²) in [6.07, 6.45) is 1.95. The van der Waals surface area contributed by atoms with E-state index in [0.717, 1.165) is 37.1 Å². The average Bonchev–Trinajstić information content (AvgIpc) is 2.69. The Morgan fingerprint density at radius 2 is 1.90 bits per heavy atom. The first-order valence-corrected chi connectivity index (χ1v) is 10.4. The molecule has 1 aliphatic carbocycles. The number of alkyl halides is 3. The fraction of sp³-hybridized carbons (Fsp3) is 0.375. The summed E-state index contributed by atoms with van der Waals surface area (Å²) in [5.41, 5.74) is 2.45. The van der Waals surface area contributed by atoms with Crippen LogP contribution in [-0.4, -0.2) is 41.7 Å². The number of hydrogen-bond donors (Lipinski definition) is 1. The van der Waals surface area contributed by atoms with Crippen LogP contribution in [-0.2, 0) is 23.8 Å². The zero-order valence-corrected chi connectivity index (χ0v) is 16.9. The zero-order chi connectivity index (χ0) is 22.0. The van der Waals surface area contributed by atoms with Gasteiger partial charge in [-0.05, 0) is 60.2 Å². The van der Waals surface area contributed by atoms with Gasteiger partial charge in [-0.15, -0.1) is 0 Å². The van der Waals surface area contributed by atoms with Crippen LogP contribution >= 0.6 is 0 Å². The number of benzene rings is 2. The summed E-state index contributed by atoms with van der Waals surface area (Å²) in [7, 11) is 0. The van der Waals surface area contributed by atoms with E-state index in [2.05, 4.69) is 11.0 Å². The molecule has 4 rings (SSSR count).